The molecule has 3 aromatic rings. The first-order valence-electron chi connectivity index (χ1n) is 11.3. The lowest BCUT2D eigenvalue weighted by atomic mass is 10.1. The normalized spacial score (nSPS) is 10.8. The highest BCUT2D eigenvalue weighted by molar-refractivity contribution is 7.99. The molecule has 0 bridgehead atoms. The summed E-state index contributed by atoms with van der Waals surface area (Å²) in [4.78, 5) is 12.6. The summed E-state index contributed by atoms with van der Waals surface area (Å²) in [6.45, 7) is 11.6. The summed E-state index contributed by atoms with van der Waals surface area (Å²) < 4.78 is 13.7. The molecule has 0 unspecified atom stereocenters. The van der Waals surface area contributed by atoms with Gasteiger partial charge in [-0.25, -0.2) is 0 Å². The van der Waals surface area contributed by atoms with Crippen LogP contribution in [0.25, 0.3) is 0 Å². The fourth-order valence-corrected chi connectivity index (χ4v) is 4.32. The number of para-hydroxylation sites is 1. The Morgan fingerprint density at radius 3 is 2.61 bits per heavy atom. The fourth-order valence-electron chi connectivity index (χ4n) is 3.50. The van der Waals surface area contributed by atoms with Crippen LogP contribution in [0.3, 0.4) is 0 Å². The molecular formula is C25H32N4O3S. The number of carbonyl (C=O) groups excluding carboxylic acids is 1. The topological polar surface area (TPSA) is 78.3 Å². The molecule has 0 aliphatic heterocycles. The minimum Gasteiger partial charge on any atom is -0.490 e. The monoisotopic (exact) mass is 468 g/mol. The first-order valence-corrected chi connectivity index (χ1v) is 12.2. The van der Waals surface area contributed by atoms with Gasteiger partial charge in [-0.3, -0.25) is 4.79 Å². The molecule has 176 valence electrons. The first-order chi connectivity index (χ1) is 16.0. The first kappa shape index (κ1) is 24.6. The number of nitrogens with one attached hydrogen (secondary N) is 1. The zero-order chi connectivity index (χ0) is 23.8. The van der Waals surface area contributed by atoms with Crippen LogP contribution in [0.15, 0.2) is 41.6 Å². The number of thioether (sulfide) groups is 1. The summed E-state index contributed by atoms with van der Waals surface area (Å²) in [7, 11) is 0. The number of amides is 1. The molecule has 0 fully saturated rings. The lowest BCUT2D eigenvalue weighted by Gasteiger charge is -2.13. The van der Waals surface area contributed by atoms with Crippen molar-refractivity contribution in [3.63, 3.8) is 0 Å². The van der Waals surface area contributed by atoms with Crippen molar-refractivity contribution >= 4 is 23.4 Å². The molecule has 33 heavy (non-hydrogen) atoms. The number of aryl methyl sites for hydroxylation is 3. The van der Waals surface area contributed by atoms with Crippen LogP contribution >= 0.6 is 11.8 Å². The van der Waals surface area contributed by atoms with Gasteiger partial charge in [-0.2, -0.15) is 0 Å². The van der Waals surface area contributed by atoms with Crippen LogP contribution < -0.4 is 14.8 Å². The number of hydrogen-bond donors (Lipinski definition) is 1. The molecule has 8 heteroatoms. The van der Waals surface area contributed by atoms with Gasteiger partial charge < -0.3 is 19.4 Å². The van der Waals surface area contributed by atoms with Crippen molar-refractivity contribution in [2.75, 3.05) is 17.7 Å². The smallest absolute Gasteiger partial charge is 0.234 e. The van der Waals surface area contributed by atoms with E-state index in [1.165, 1.54) is 11.8 Å². The van der Waals surface area contributed by atoms with Gasteiger partial charge in [0, 0.05) is 12.2 Å². The molecule has 0 saturated carbocycles. The minimum absolute atomic E-state index is 0.0616. The fraction of sp³-hybridized carbons (Fsp3) is 0.400. The second-order valence-corrected chi connectivity index (χ2v) is 8.56. The standard InChI is InChI=1S/C25H32N4O3S/c1-6-19-11-9-10-18(5)24(19)26-23(30)16-33-25-28-27-22(29(25)7-2)15-32-20-13-12-17(4)14-21(20)31-8-3/h9-14H,6-8,15-16H2,1-5H3,(H,26,30). The average molecular weight is 469 g/mol. The lowest BCUT2D eigenvalue weighted by molar-refractivity contribution is -0.113. The van der Waals surface area contributed by atoms with Crippen LogP contribution in [0.4, 0.5) is 5.69 Å². The van der Waals surface area contributed by atoms with Crippen LogP contribution in [0.5, 0.6) is 11.5 Å². The number of aromatic nitrogens is 3. The van der Waals surface area contributed by atoms with Crippen molar-refractivity contribution in [2.24, 2.45) is 0 Å². The van der Waals surface area contributed by atoms with Crippen LogP contribution in [0.2, 0.25) is 0 Å². The zero-order valence-electron chi connectivity index (χ0n) is 20.0. The van der Waals surface area contributed by atoms with Crippen molar-refractivity contribution in [1.29, 1.82) is 0 Å². The second kappa shape index (κ2) is 11.7. The minimum atomic E-state index is -0.0616. The van der Waals surface area contributed by atoms with Gasteiger partial charge in [0.25, 0.3) is 0 Å². The van der Waals surface area contributed by atoms with Crippen LogP contribution in [0, 0.1) is 13.8 Å². The number of carbonyl (C=O) groups is 1. The Bertz CT molecular complexity index is 1100. The highest BCUT2D eigenvalue weighted by atomic mass is 32.2. The Labute approximate surface area is 199 Å². The van der Waals surface area contributed by atoms with E-state index in [9.17, 15) is 4.79 Å². The summed E-state index contributed by atoms with van der Waals surface area (Å²) >= 11 is 1.37. The highest BCUT2D eigenvalue weighted by Gasteiger charge is 2.16. The SMILES string of the molecule is CCOc1cc(C)ccc1OCc1nnc(SCC(=O)Nc2c(C)cccc2CC)n1CC. The molecule has 3 rings (SSSR count). The molecule has 0 spiro atoms. The molecule has 0 radical (unpaired) electrons. The molecule has 1 amide bonds. The molecule has 0 aliphatic carbocycles. The molecule has 0 saturated heterocycles. The Morgan fingerprint density at radius 1 is 1.06 bits per heavy atom. The molecule has 1 N–H and O–H groups in total. The quantitative estimate of drug-likeness (QED) is 0.391. The number of rotatable bonds is 11. The summed E-state index contributed by atoms with van der Waals surface area (Å²) in [5.41, 5.74) is 4.20. The van der Waals surface area contributed by atoms with E-state index >= 15 is 0 Å². The summed E-state index contributed by atoms with van der Waals surface area (Å²) in [6, 6.07) is 11.9. The number of hydrogen-bond acceptors (Lipinski definition) is 6. The van der Waals surface area contributed by atoms with Gasteiger partial charge in [0.1, 0.15) is 6.61 Å². The second-order valence-electron chi connectivity index (χ2n) is 7.61. The Hall–Kier alpha value is -3.00. The summed E-state index contributed by atoms with van der Waals surface area (Å²) in [6.07, 6.45) is 0.865. The Balaban J connectivity index is 1.64. The van der Waals surface area contributed by atoms with Gasteiger partial charge in [0.05, 0.1) is 12.4 Å². The zero-order valence-corrected chi connectivity index (χ0v) is 20.8. The van der Waals surface area contributed by atoms with E-state index < -0.39 is 0 Å². The van der Waals surface area contributed by atoms with Crippen LogP contribution in [0.1, 0.15) is 43.3 Å². The van der Waals surface area contributed by atoms with Gasteiger partial charge in [-0.1, -0.05) is 43.0 Å². The predicted octanol–water partition coefficient (Wildman–Crippen LogP) is 5.19. The van der Waals surface area contributed by atoms with Gasteiger partial charge in [0.2, 0.25) is 5.91 Å². The van der Waals surface area contributed by atoms with Crippen LogP contribution in [-0.4, -0.2) is 33.0 Å². The van der Waals surface area contributed by atoms with Gasteiger partial charge >= 0.3 is 0 Å². The van der Waals surface area contributed by atoms with E-state index in [2.05, 4.69) is 22.4 Å². The van der Waals surface area contributed by atoms with Crippen molar-refractivity contribution in [3.8, 4) is 11.5 Å². The molecular weight excluding hydrogens is 436 g/mol. The third-order valence-corrected chi connectivity index (χ3v) is 6.17. The number of benzene rings is 2. The van der Waals surface area contributed by atoms with Gasteiger partial charge in [-0.05, 0) is 62.9 Å². The molecule has 1 heterocycles. The van der Waals surface area contributed by atoms with E-state index in [1.54, 1.807) is 0 Å². The van der Waals surface area contributed by atoms with Crippen molar-refractivity contribution in [2.45, 2.75) is 59.3 Å². The summed E-state index contributed by atoms with van der Waals surface area (Å²) in [5.74, 6) is 2.29. The maximum absolute atomic E-state index is 12.6. The van der Waals surface area contributed by atoms with Gasteiger partial charge in [0.15, 0.2) is 22.5 Å². The number of anilines is 1. The Morgan fingerprint density at radius 2 is 1.88 bits per heavy atom. The maximum atomic E-state index is 12.6. The van der Waals surface area contributed by atoms with Crippen molar-refractivity contribution < 1.29 is 14.3 Å². The van der Waals surface area contributed by atoms with Crippen LogP contribution in [-0.2, 0) is 24.4 Å². The largest absolute Gasteiger partial charge is 0.490 e. The van der Waals surface area contributed by atoms with E-state index in [4.69, 9.17) is 9.47 Å². The van der Waals surface area contributed by atoms with Crippen molar-refractivity contribution in [3.05, 3.63) is 58.9 Å². The molecule has 2 aromatic carbocycles. The molecule has 0 atom stereocenters. The van der Waals surface area contributed by atoms with Gasteiger partial charge in [-0.15, -0.1) is 10.2 Å². The predicted molar refractivity (Wildman–Crippen MR) is 132 cm³/mol. The third-order valence-electron chi connectivity index (χ3n) is 5.20. The lowest BCUT2D eigenvalue weighted by Crippen LogP contribution is -2.17. The molecule has 0 aliphatic rings. The average Bonchev–Trinajstić information content (AvgIpc) is 3.20. The highest BCUT2D eigenvalue weighted by Crippen LogP contribution is 2.29. The molecule has 1 aromatic heterocycles. The van der Waals surface area contributed by atoms with Crippen molar-refractivity contribution in [1.82, 2.24) is 14.8 Å². The van der Waals surface area contributed by atoms with E-state index in [1.807, 2.05) is 68.7 Å². The number of ether oxygens (including phenoxy) is 2. The summed E-state index contributed by atoms with van der Waals surface area (Å²) in [5, 5.41) is 12.3. The van der Waals surface area contributed by atoms with E-state index in [-0.39, 0.29) is 18.3 Å². The maximum Gasteiger partial charge on any atom is 0.234 e. The Kier molecular flexibility index (Phi) is 8.77. The third kappa shape index (κ3) is 6.28. The number of nitrogens with zero attached hydrogens (tertiary/aromatic N) is 3. The van der Waals surface area contributed by atoms with E-state index in [0.29, 0.717) is 35.6 Å². The van der Waals surface area contributed by atoms with E-state index in [0.717, 1.165) is 28.8 Å². The molecule has 7 nitrogen and oxygen atoms in total.